The average Bonchev–Trinajstić information content (AvgIpc) is 2.48. The van der Waals surface area contributed by atoms with Gasteiger partial charge in [0.25, 0.3) is 5.69 Å². The highest BCUT2D eigenvalue weighted by Crippen LogP contribution is 2.38. The molecule has 0 saturated carbocycles. The van der Waals surface area contributed by atoms with Crippen molar-refractivity contribution in [2.45, 2.75) is 25.3 Å². The van der Waals surface area contributed by atoms with E-state index in [1.807, 2.05) is 0 Å². The van der Waals surface area contributed by atoms with E-state index >= 15 is 0 Å². The molecule has 0 saturated heterocycles. The van der Waals surface area contributed by atoms with Crippen molar-refractivity contribution in [1.29, 1.82) is 0 Å². The van der Waals surface area contributed by atoms with E-state index in [2.05, 4.69) is 16.6 Å². The molecule has 1 aromatic rings. The number of hydrogen-bond donors (Lipinski definition) is 1. The number of nitro benzene ring substituents is 1. The van der Waals surface area contributed by atoms with Crippen molar-refractivity contribution < 1.29 is 19.2 Å². The summed E-state index contributed by atoms with van der Waals surface area (Å²) in [6.45, 7) is 4.14. The van der Waals surface area contributed by atoms with Gasteiger partial charge in [0.2, 0.25) is 0 Å². The molecule has 1 aliphatic heterocycles. The number of fused-ring (bicyclic) bond motifs is 1. The monoisotopic (exact) mass is 306 g/mol. The van der Waals surface area contributed by atoms with Crippen molar-refractivity contribution in [2.24, 2.45) is 0 Å². The Hall–Kier alpha value is -2.57. The Balaban J connectivity index is 2.51. The Labute approximate surface area is 128 Å². The van der Waals surface area contributed by atoms with Crippen LogP contribution in [0, 0.1) is 10.1 Å². The lowest BCUT2D eigenvalue weighted by Gasteiger charge is -2.24. The second-order valence-electron chi connectivity index (χ2n) is 4.97. The van der Waals surface area contributed by atoms with Gasteiger partial charge in [-0.25, -0.2) is 4.79 Å². The summed E-state index contributed by atoms with van der Waals surface area (Å²) in [6.07, 6.45) is 4.09. The summed E-state index contributed by atoms with van der Waals surface area (Å²) in [7, 11) is 1.23. The smallest absolute Gasteiger partial charge is 0.338 e. The van der Waals surface area contributed by atoms with E-state index in [1.165, 1.54) is 19.2 Å². The summed E-state index contributed by atoms with van der Waals surface area (Å²) in [6, 6.07) is 2.72. The van der Waals surface area contributed by atoms with E-state index in [0.717, 1.165) is 12.8 Å². The molecule has 2 rings (SSSR count). The van der Waals surface area contributed by atoms with Gasteiger partial charge in [0.1, 0.15) is 5.75 Å². The van der Waals surface area contributed by atoms with E-state index in [-0.39, 0.29) is 17.3 Å². The van der Waals surface area contributed by atoms with E-state index in [9.17, 15) is 14.9 Å². The van der Waals surface area contributed by atoms with Crippen molar-refractivity contribution in [3.05, 3.63) is 40.5 Å². The van der Waals surface area contributed by atoms with Gasteiger partial charge in [-0.15, -0.1) is 6.58 Å². The van der Waals surface area contributed by atoms with Crippen molar-refractivity contribution in [3.8, 4) is 5.75 Å². The number of benzene rings is 1. The molecule has 22 heavy (non-hydrogen) atoms. The molecule has 0 bridgehead atoms. The van der Waals surface area contributed by atoms with Crippen molar-refractivity contribution >= 4 is 17.3 Å². The maximum atomic E-state index is 11.7. The molecule has 1 heterocycles. The first kappa shape index (κ1) is 15.8. The summed E-state index contributed by atoms with van der Waals surface area (Å²) in [5.41, 5.74) is 0.189. The van der Waals surface area contributed by atoms with Gasteiger partial charge in [-0.3, -0.25) is 10.1 Å². The first-order valence-corrected chi connectivity index (χ1v) is 6.97. The summed E-state index contributed by atoms with van der Waals surface area (Å²) in [5, 5.41) is 14.5. The maximum absolute atomic E-state index is 11.7. The fourth-order valence-electron chi connectivity index (χ4n) is 2.41. The van der Waals surface area contributed by atoms with Gasteiger partial charge in [0.05, 0.1) is 24.2 Å². The quantitative estimate of drug-likeness (QED) is 0.398. The number of nitrogens with zero attached hydrogens (tertiary/aromatic N) is 1. The van der Waals surface area contributed by atoms with Gasteiger partial charge in [-0.2, -0.15) is 0 Å². The molecule has 0 spiro atoms. The minimum atomic E-state index is -0.640. The molecular weight excluding hydrogens is 288 g/mol. The van der Waals surface area contributed by atoms with Crippen LogP contribution in [0.1, 0.15) is 29.6 Å². The third-order valence-electron chi connectivity index (χ3n) is 3.45. The number of rotatable bonds is 4. The molecule has 0 fully saturated rings. The number of methoxy groups -OCH3 is 1. The number of carbonyl (C=O) groups is 1. The lowest BCUT2D eigenvalue weighted by molar-refractivity contribution is -0.384. The molecule has 0 radical (unpaired) electrons. The zero-order valence-electron chi connectivity index (χ0n) is 12.3. The highest BCUT2D eigenvalue weighted by Gasteiger charge is 2.26. The van der Waals surface area contributed by atoms with Crippen LogP contribution in [0.2, 0.25) is 0 Å². The van der Waals surface area contributed by atoms with Crippen LogP contribution in [0.25, 0.3) is 0 Å². The predicted octanol–water partition coefficient (Wildman–Crippen LogP) is 2.91. The van der Waals surface area contributed by atoms with Gasteiger partial charge in [0.15, 0.2) is 5.69 Å². The maximum Gasteiger partial charge on any atom is 0.338 e. The molecule has 7 heteroatoms. The Morgan fingerprint density at radius 3 is 3.05 bits per heavy atom. The highest BCUT2D eigenvalue weighted by atomic mass is 16.6. The molecule has 0 aromatic heterocycles. The fourth-order valence-corrected chi connectivity index (χ4v) is 2.41. The summed E-state index contributed by atoms with van der Waals surface area (Å²) < 4.78 is 10.2. The molecule has 0 aliphatic carbocycles. The van der Waals surface area contributed by atoms with Crippen molar-refractivity contribution in [1.82, 2.24) is 0 Å². The SMILES string of the molecule is C=CCC1CCCOc2cc(C(=O)OC)cc([N+](=O)[O-])c2N1. The van der Waals surface area contributed by atoms with Gasteiger partial charge in [-0.05, 0) is 25.3 Å². The molecule has 1 atom stereocenters. The second kappa shape index (κ2) is 6.93. The third kappa shape index (κ3) is 3.36. The molecule has 0 amide bonds. The van der Waals surface area contributed by atoms with Gasteiger partial charge in [0, 0.05) is 12.1 Å². The number of nitrogens with one attached hydrogen (secondary N) is 1. The normalized spacial score (nSPS) is 17.0. The summed E-state index contributed by atoms with van der Waals surface area (Å²) in [4.78, 5) is 22.5. The van der Waals surface area contributed by atoms with Crippen LogP contribution in [0.3, 0.4) is 0 Å². The largest absolute Gasteiger partial charge is 0.491 e. The van der Waals surface area contributed by atoms with E-state index in [0.29, 0.717) is 24.5 Å². The zero-order valence-corrected chi connectivity index (χ0v) is 12.3. The molecule has 1 aromatic carbocycles. The number of ether oxygens (including phenoxy) is 2. The third-order valence-corrected chi connectivity index (χ3v) is 3.45. The predicted molar refractivity (Wildman–Crippen MR) is 81.4 cm³/mol. The molecule has 1 N–H and O–H groups in total. The number of anilines is 1. The topological polar surface area (TPSA) is 90.7 Å². The van der Waals surface area contributed by atoms with E-state index in [1.54, 1.807) is 6.08 Å². The van der Waals surface area contributed by atoms with Crippen LogP contribution in [0.4, 0.5) is 11.4 Å². The number of esters is 1. The van der Waals surface area contributed by atoms with Gasteiger partial charge in [-0.1, -0.05) is 6.08 Å². The van der Waals surface area contributed by atoms with Crippen molar-refractivity contribution in [3.63, 3.8) is 0 Å². The minimum absolute atomic E-state index is 0.0443. The van der Waals surface area contributed by atoms with E-state index in [4.69, 9.17) is 4.74 Å². The van der Waals surface area contributed by atoms with Crippen LogP contribution < -0.4 is 10.1 Å². The number of nitro groups is 1. The van der Waals surface area contributed by atoms with Crippen LogP contribution in [-0.2, 0) is 4.74 Å². The second-order valence-corrected chi connectivity index (χ2v) is 4.97. The van der Waals surface area contributed by atoms with Gasteiger partial charge < -0.3 is 14.8 Å². The highest BCUT2D eigenvalue weighted by molar-refractivity contribution is 5.93. The first-order chi connectivity index (χ1) is 10.6. The molecule has 1 unspecified atom stereocenters. The lowest BCUT2D eigenvalue weighted by Crippen LogP contribution is -2.23. The summed E-state index contributed by atoms with van der Waals surface area (Å²) in [5.74, 6) is -0.345. The average molecular weight is 306 g/mol. The van der Waals surface area contributed by atoms with Crippen LogP contribution >= 0.6 is 0 Å². The van der Waals surface area contributed by atoms with E-state index < -0.39 is 10.9 Å². The minimum Gasteiger partial charge on any atom is -0.491 e. The summed E-state index contributed by atoms with van der Waals surface area (Å²) >= 11 is 0. The Morgan fingerprint density at radius 1 is 1.64 bits per heavy atom. The molecular formula is C15H18N2O5. The van der Waals surface area contributed by atoms with Gasteiger partial charge >= 0.3 is 5.97 Å². The zero-order chi connectivity index (χ0) is 16.1. The molecule has 1 aliphatic rings. The standard InChI is InChI=1S/C15H18N2O5/c1-3-5-11-6-4-7-22-13-9-10(15(18)21-2)8-12(17(19)20)14(13)16-11/h3,8-9,11,16H,1,4-7H2,2H3. The Kier molecular flexibility index (Phi) is 4.98. The van der Waals surface area contributed by atoms with Crippen LogP contribution in [0.15, 0.2) is 24.8 Å². The fraction of sp³-hybridized carbons (Fsp3) is 0.400. The van der Waals surface area contributed by atoms with Crippen molar-refractivity contribution in [2.75, 3.05) is 19.0 Å². The van der Waals surface area contributed by atoms with Crippen LogP contribution in [-0.4, -0.2) is 30.7 Å². The number of carbonyl (C=O) groups excluding carboxylic acids is 1. The first-order valence-electron chi connectivity index (χ1n) is 6.97. The molecule has 7 nitrogen and oxygen atoms in total. The lowest BCUT2D eigenvalue weighted by atomic mass is 10.0. The molecule has 118 valence electrons. The Bertz CT molecular complexity index is 600. The van der Waals surface area contributed by atoms with Crippen LogP contribution in [0.5, 0.6) is 5.75 Å². The Morgan fingerprint density at radius 2 is 2.41 bits per heavy atom. The number of hydrogen-bond acceptors (Lipinski definition) is 6.